The van der Waals surface area contributed by atoms with E-state index in [1.807, 2.05) is 0 Å². The number of hydrogen-bond donors (Lipinski definition) is 0. The Morgan fingerprint density at radius 3 is 2.15 bits per heavy atom. The highest BCUT2D eigenvalue weighted by molar-refractivity contribution is 7.90. The van der Waals surface area contributed by atoms with Crippen molar-refractivity contribution in [3.63, 3.8) is 0 Å². The maximum absolute atomic E-state index is 13.4. The van der Waals surface area contributed by atoms with Crippen molar-refractivity contribution in [2.24, 2.45) is 0 Å². The van der Waals surface area contributed by atoms with Gasteiger partial charge in [-0.2, -0.15) is 0 Å². The number of nitro benzene ring substituents is 2. The quantitative estimate of drug-likeness (QED) is 0.297. The number of halogens is 1. The van der Waals surface area contributed by atoms with E-state index in [0.29, 0.717) is 5.56 Å². The molecule has 0 unspecified atom stereocenters. The van der Waals surface area contributed by atoms with E-state index in [0.717, 1.165) is 21.7 Å². The van der Waals surface area contributed by atoms with Crippen LogP contribution in [0.1, 0.15) is 16.7 Å². The molecule has 0 aliphatic carbocycles. The van der Waals surface area contributed by atoms with Gasteiger partial charge in [0, 0.05) is 12.3 Å². The molecule has 0 aliphatic rings. The van der Waals surface area contributed by atoms with Gasteiger partial charge in [0.25, 0.3) is 21.4 Å². The lowest BCUT2D eigenvalue weighted by atomic mass is 10.0. The van der Waals surface area contributed by atoms with Crippen LogP contribution in [-0.2, 0) is 16.4 Å². The third kappa shape index (κ3) is 4.05. The average Bonchev–Trinajstić information content (AvgIpc) is 3.14. The standard InChI is InChI=1S/C22H16FN3O6S/c1-14-2-8-19(9-3-14)33(31,32)24-13-16(10-15-4-6-17(23)7-5-15)22-20(24)11-18(25(27)28)12-21(22)26(29)30/h2-9,11-13H,10H2,1H3. The van der Waals surface area contributed by atoms with Crippen LogP contribution in [0.4, 0.5) is 15.8 Å². The molecule has 0 amide bonds. The second-order valence-electron chi connectivity index (χ2n) is 7.44. The molecule has 0 bridgehead atoms. The van der Waals surface area contributed by atoms with Crippen LogP contribution >= 0.6 is 0 Å². The topological polar surface area (TPSA) is 125 Å². The highest BCUT2D eigenvalue weighted by atomic mass is 32.2. The van der Waals surface area contributed by atoms with Crippen LogP contribution in [0.5, 0.6) is 0 Å². The van der Waals surface area contributed by atoms with Gasteiger partial charge >= 0.3 is 0 Å². The largest absolute Gasteiger partial charge is 0.285 e. The molecule has 0 fully saturated rings. The molecule has 0 saturated carbocycles. The third-order valence-corrected chi connectivity index (χ3v) is 6.89. The number of fused-ring (bicyclic) bond motifs is 1. The molecule has 0 aliphatic heterocycles. The highest BCUT2D eigenvalue weighted by Gasteiger charge is 2.29. The number of rotatable bonds is 6. The number of aromatic nitrogens is 1. The van der Waals surface area contributed by atoms with Gasteiger partial charge in [0.15, 0.2) is 0 Å². The minimum absolute atomic E-state index is 0.0365. The molecule has 4 aromatic rings. The third-order valence-electron chi connectivity index (χ3n) is 5.21. The van der Waals surface area contributed by atoms with Gasteiger partial charge in [-0.3, -0.25) is 20.2 Å². The van der Waals surface area contributed by atoms with Crippen LogP contribution in [-0.4, -0.2) is 22.2 Å². The maximum Gasteiger partial charge on any atom is 0.285 e. The zero-order valence-corrected chi connectivity index (χ0v) is 18.0. The Morgan fingerprint density at radius 1 is 0.939 bits per heavy atom. The Balaban J connectivity index is 2.03. The Hall–Kier alpha value is -4.12. The molecule has 1 aromatic heterocycles. The second-order valence-corrected chi connectivity index (χ2v) is 9.26. The van der Waals surface area contributed by atoms with Gasteiger partial charge in [0.1, 0.15) is 5.82 Å². The minimum atomic E-state index is -4.23. The Bertz CT molecular complexity index is 1510. The lowest BCUT2D eigenvalue weighted by molar-refractivity contribution is -0.393. The first-order chi connectivity index (χ1) is 15.6. The van der Waals surface area contributed by atoms with Crippen LogP contribution in [0.15, 0.2) is 71.8 Å². The predicted molar refractivity (Wildman–Crippen MR) is 118 cm³/mol. The van der Waals surface area contributed by atoms with Crippen LogP contribution in [0, 0.1) is 33.0 Å². The summed E-state index contributed by atoms with van der Waals surface area (Å²) in [5.41, 5.74) is 0.281. The summed E-state index contributed by atoms with van der Waals surface area (Å²) in [6.07, 6.45) is 1.27. The Morgan fingerprint density at radius 2 is 1.58 bits per heavy atom. The van der Waals surface area contributed by atoms with Crippen molar-refractivity contribution in [2.45, 2.75) is 18.2 Å². The van der Waals surface area contributed by atoms with Crippen LogP contribution < -0.4 is 0 Å². The molecule has 0 saturated heterocycles. The molecule has 0 N–H and O–H groups in total. The van der Waals surface area contributed by atoms with E-state index in [-0.39, 0.29) is 27.8 Å². The molecule has 4 rings (SSSR count). The van der Waals surface area contributed by atoms with Gasteiger partial charge in [-0.1, -0.05) is 29.8 Å². The summed E-state index contributed by atoms with van der Waals surface area (Å²) in [6.45, 7) is 1.79. The molecular formula is C22H16FN3O6S. The second kappa shape index (κ2) is 8.10. The Kier molecular flexibility index (Phi) is 5.42. The summed E-state index contributed by atoms with van der Waals surface area (Å²) in [4.78, 5) is 21.5. The van der Waals surface area contributed by atoms with E-state index in [1.54, 1.807) is 19.1 Å². The zero-order valence-electron chi connectivity index (χ0n) is 17.1. The normalized spacial score (nSPS) is 11.6. The van der Waals surface area contributed by atoms with Crippen molar-refractivity contribution in [1.82, 2.24) is 3.97 Å². The van der Waals surface area contributed by atoms with E-state index in [9.17, 15) is 33.0 Å². The molecule has 9 nitrogen and oxygen atoms in total. The van der Waals surface area contributed by atoms with Gasteiger partial charge < -0.3 is 0 Å². The summed E-state index contributed by atoms with van der Waals surface area (Å²) in [7, 11) is -4.23. The average molecular weight is 469 g/mol. The monoisotopic (exact) mass is 469 g/mol. The van der Waals surface area contributed by atoms with Crippen LogP contribution in [0.3, 0.4) is 0 Å². The number of nitro groups is 2. The summed E-state index contributed by atoms with van der Waals surface area (Å²) in [5.74, 6) is -0.468. The predicted octanol–water partition coefficient (Wildman–Crippen LogP) is 4.73. The fourth-order valence-electron chi connectivity index (χ4n) is 3.60. The fourth-order valence-corrected chi connectivity index (χ4v) is 4.98. The number of benzene rings is 3. The minimum Gasteiger partial charge on any atom is -0.258 e. The van der Waals surface area contributed by atoms with E-state index < -0.39 is 37.1 Å². The fraction of sp³-hybridized carbons (Fsp3) is 0.0909. The van der Waals surface area contributed by atoms with Gasteiger partial charge in [-0.15, -0.1) is 0 Å². The Labute approximate surface area is 187 Å². The SMILES string of the molecule is Cc1ccc(S(=O)(=O)n2cc(Cc3ccc(F)cc3)c3c([N+](=O)[O-])cc([N+](=O)[O-])cc32)cc1. The van der Waals surface area contributed by atoms with Crippen molar-refractivity contribution < 1.29 is 22.7 Å². The van der Waals surface area contributed by atoms with E-state index in [1.165, 1.54) is 42.6 Å². The first-order valence-corrected chi connectivity index (χ1v) is 11.1. The van der Waals surface area contributed by atoms with Crippen molar-refractivity contribution in [3.05, 3.63) is 110 Å². The number of non-ortho nitro benzene ring substituents is 2. The molecular weight excluding hydrogens is 453 g/mol. The number of aryl methyl sites for hydroxylation is 1. The van der Waals surface area contributed by atoms with Gasteiger partial charge in [0.2, 0.25) is 0 Å². The van der Waals surface area contributed by atoms with Gasteiger partial charge in [0.05, 0.1) is 31.7 Å². The van der Waals surface area contributed by atoms with Crippen LogP contribution in [0.25, 0.3) is 10.9 Å². The first kappa shape index (κ1) is 22.1. The van der Waals surface area contributed by atoms with E-state index >= 15 is 0 Å². The van der Waals surface area contributed by atoms with Crippen LogP contribution in [0.2, 0.25) is 0 Å². The molecule has 11 heteroatoms. The van der Waals surface area contributed by atoms with Crippen molar-refractivity contribution in [1.29, 1.82) is 0 Å². The van der Waals surface area contributed by atoms with Crippen molar-refractivity contribution in [2.75, 3.05) is 0 Å². The summed E-state index contributed by atoms with van der Waals surface area (Å²) >= 11 is 0. The lowest BCUT2D eigenvalue weighted by Crippen LogP contribution is -2.12. The van der Waals surface area contributed by atoms with Crippen molar-refractivity contribution in [3.8, 4) is 0 Å². The molecule has 0 atom stereocenters. The molecule has 1 heterocycles. The summed E-state index contributed by atoms with van der Waals surface area (Å²) in [6, 6.07) is 13.2. The van der Waals surface area contributed by atoms with Crippen molar-refractivity contribution >= 4 is 32.3 Å². The maximum atomic E-state index is 13.4. The smallest absolute Gasteiger partial charge is 0.258 e. The van der Waals surface area contributed by atoms with E-state index in [2.05, 4.69) is 0 Å². The number of nitrogens with zero attached hydrogens (tertiary/aromatic N) is 3. The van der Waals surface area contributed by atoms with Gasteiger partial charge in [-0.25, -0.2) is 16.8 Å². The summed E-state index contributed by atoms with van der Waals surface area (Å²) < 4.78 is 40.9. The molecule has 3 aromatic carbocycles. The molecule has 0 radical (unpaired) electrons. The highest BCUT2D eigenvalue weighted by Crippen LogP contribution is 2.37. The summed E-state index contributed by atoms with van der Waals surface area (Å²) in [5, 5.41) is 23.2. The first-order valence-electron chi connectivity index (χ1n) is 9.61. The van der Waals surface area contributed by atoms with Gasteiger partial charge in [-0.05, 0) is 48.7 Å². The lowest BCUT2D eigenvalue weighted by Gasteiger charge is -2.08. The molecule has 168 valence electrons. The van der Waals surface area contributed by atoms with E-state index in [4.69, 9.17) is 0 Å². The molecule has 0 spiro atoms. The molecule has 33 heavy (non-hydrogen) atoms. The zero-order chi connectivity index (χ0) is 23.9. The number of hydrogen-bond acceptors (Lipinski definition) is 6.